The second-order valence-corrected chi connectivity index (χ2v) is 6.11. The van der Waals surface area contributed by atoms with Crippen LogP contribution in [0.15, 0.2) is 42.0 Å². The van der Waals surface area contributed by atoms with Crippen LogP contribution in [0.4, 0.5) is 10.5 Å². The fourth-order valence-corrected chi connectivity index (χ4v) is 2.80. The van der Waals surface area contributed by atoms with Gasteiger partial charge in [-0.1, -0.05) is 18.2 Å². The van der Waals surface area contributed by atoms with Crippen LogP contribution in [0.3, 0.4) is 0 Å². The number of carbonyl (C=O) groups excluding carboxylic acids is 3. The number of amides is 4. The van der Waals surface area contributed by atoms with Gasteiger partial charge < -0.3 is 9.84 Å². The van der Waals surface area contributed by atoms with E-state index in [0.717, 1.165) is 16.0 Å². The van der Waals surface area contributed by atoms with Crippen LogP contribution < -0.4 is 15.0 Å². The van der Waals surface area contributed by atoms with Crippen molar-refractivity contribution in [2.24, 2.45) is 0 Å². The first-order valence-electron chi connectivity index (χ1n) is 8.18. The fourth-order valence-electron chi connectivity index (χ4n) is 2.80. The topological polar surface area (TPSA) is 95.9 Å². The number of aryl methyl sites for hydroxylation is 1. The smallest absolute Gasteiger partial charge is 0.335 e. The largest absolute Gasteiger partial charge is 0.504 e. The number of urea groups is 1. The van der Waals surface area contributed by atoms with Crippen LogP contribution in [0.5, 0.6) is 11.5 Å². The molecule has 7 nitrogen and oxygen atoms in total. The van der Waals surface area contributed by atoms with Gasteiger partial charge >= 0.3 is 6.03 Å². The van der Waals surface area contributed by atoms with Crippen molar-refractivity contribution in [2.75, 3.05) is 12.0 Å². The van der Waals surface area contributed by atoms with E-state index in [1.807, 2.05) is 13.0 Å². The Balaban J connectivity index is 2.06. The average Bonchev–Trinajstić information content (AvgIpc) is 2.63. The number of benzene rings is 2. The highest BCUT2D eigenvalue weighted by Crippen LogP contribution is 2.29. The van der Waals surface area contributed by atoms with Gasteiger partial charge in [0.2, 0.25) is 0 Å². The summed E-state index contributed by atoms with van der Waals surface area (Å²) in [4.78, 5) is 38.4. The van der Waals surface area contributed by atoms with Crippen LogP contribution >= 0.6 is 0 Å². The number of nitrogens with zero attached hydrogens (tertiary/aromatic N) is 1. The molecule has 0 spiro atoms. The molecule has 138 valence electrons. The monoisotopic (exact) mass is 366 g/mol. The highest BCUT2D eigenvalue weighted by molar-refractivity contribution is 6.39. The Kier molecular flexibility index (Phi) is 4.68. The standard InChI is InChI=1S/C20H18N2O5/c1-11-5-4-6-15(12(11)2)22-19(25)14(18(24)21-20(22)26)9-13-7-8-16(23)17(10-13)27-3/h4-10,23H,1-3H3,(H,21,24,26)/b14-9+. The summed E-state index contributed by atoms with van der Waals surface area (Å²) in [6.45, 7) is 3.67. The minimum atomic E-state index is -0.792. The van der Waals surface area contributed by atoms with Gasteiger partial charge in [0.05, 0.1) is 12.8 Å². The molecule has 0 unspecified atom stereocenters. The molecule has 7 heteroatoms. The minimum absolute atomic E-state index is 0.0636. The summed E-state index contributed by atoms with van der Waals surface area (Å²) in [5, 5.41) is 11.9. The zero-order valence-corrected chi connectivity index (χ0v) is 15.1. The molecular weight excluding hydrogens is 348 g/mol. The molecule has 1 saturated heterocycles. The molecule has 2 aromatic carbocycles. The molecule has 1 aliphatic rings. The molecule has 27 heavy (non-hydrogen) atoms. The SMILES string of the molecule is COc1cc(/C=C2\C(=O)NC(=O)N(c3cccc(C)c3C)C2=O)ccc1O. The molecule has 0 aromatic heterocycles. The Hall–Kier alpha value is -3.61. The number of ether oxygens (including phenoxy) is 1. The summed E-state index contributed by atoms with van der Waals surface area (Å²) >= 11 is 0. The summed E-state index contributed by atoms with van der Waals surface area (Å²) in [5.74, 6) is -1.36. The molecule has 1 aliphatic heterocycles. The number of anilines is 1. The minimum Gasteiger partial charge on any atom is -0.504 e. The predicted molar refractivity (Wildman–Crippen MR) is 99.6 cm³/mol. The van der Waals surface area contributed by atoms with Crippen molar-refractivity contribution >= 4 is 29.6 Å². The van der Waals surface area contributed by atoms with E-state index in [1.54, 1.807) is 19.1 Å². The van der Waals surface area contributed by atoms with Crippen molar-refractivity contribution < 1.29 is 24.2 Å². The van der Waals surface area contributed by atoms with E-state index in [4.69, 9.17) is 4.74 Å². The first kappa shape index (κ1) is 18.2. The fraction of sp³-hybridized carbons (Fsp3) is 0.150. The van der Waals surface area contributed by atoms with Crippen LogP contribution in [-0.2, 0) is 9.59 Å². The molecule has 2 aromatic rings. The first-order valence-corrected chi connectivity index (χ1v) is 8.18. The number of methoxy groups -OCH3 is 1. The van der Waals surface area contributed by atoms with Gasteiger partial charge in [-0.2, -0.15) is 0 Å². The van der Waals surface area contributed by atoms with Crippen LogP contribution in [0.2, 0.25) is 0 Å². The van der Waals surface area contributed by atoms with E-state index in [2.05, 4.69) is 5.32 Å². The molecule has 2 N–H and O–H groups in total. The maximum Gasteiger partial charge on any atom is 0.335 e. The van der Waals surface area contributed by atoms with Gasteiger partial charge in [0.15, 0.2) is 11.5 Å². The number of phenolic OH excluding ortho intramolecular Hbond substituents is 1. The van der Waals surface area contributed by atoms with Crippen molar-refractivity contribution in [3.8, 4) is 11.5 Å². The van der Waals surface area contributed by atoms with Gasteiger partial charge in [-0.05, 0) is 54.8 Å². The Morgan fingerprint density at radius 1 is 1.11 bits per heavy atom. The van der Waals surface area contributed by atoms with Crippen molar-refractivity contribution in [2.45, 2.75) is 13.8 Å². The molecule has 0 radical (unpaired) electrons. The lowest BCUT2D eigenvalue weighted by molar-refractivity contribution is -0.122. The van der Waals surface area contributed by atoms with Crippen molar-refractivity contribution in [1.82, 2.24) is 5.32 Å². The molecule has 1 fully saturated rings. The van der Waals surface area contributed by atoms with Crippen LogP contribution in [0, 0.1) is 13.8 Å². The zero-order valence-electron chi connectivity index (χ0n) is 15.1. The third kappa shape index (κ3) is 3.27. The summed E-state index contributed by atoms with van der Waals surface area (Å²) in [6, 6.07) is 8.88. The normalized spacial score (nSPS) is 15.9. The molecule has 4 amide bonds. The number of hydrogen-bond donors (Lipinski definition) is 2. The second-order valence-electron chi connectivity index (χ2n) is 6.11. The van der Waals surface area contributed by atoms with E-state index in [-0.39, 0.29) is 17.1 Å². The van der Waals surface area contributed by atoms with E-state index in [1.165, 1.54) is 31.4 Å². The second kappa shape index (κ2) is 6.95. The Morgan fingerprint density at radius 2 is 1.85 bits per heavy atom. The summed E-state index contributed by atoms with van der Waals surface area (Å²) in [7, 11) is 1.39. The maximum absolute atomic E-state index is 12.9. The van der Waals surface area contributed by atoms with Gasteiger partial charge in [0, 0.05) is 0 Å². The van der Waals surface area contributed by atoms with Crippen molar-refractivity contribution in [1.29, 1.82) is 0 Å². The number of phenols is 1. The summed E-state index contributed by atoms with van der Waals surface area (Å²) in [6.07, 6.45) is 1.35. The predicted octanol–water partition coefficient (Wildman–Crippen LogP) is 2.68. The van der Waals surface area contributed by atoms with E-state index in [9.17, 15) is 19.5 Å². The zero-order chi connectivity index (χ0) is 19.7. The number of aromatic hydroxyl groups is 1. The lowest BCUT2D eigenvalue weighted by atomic mass is 10.0. The van der Waals surface area contributed by atoms with Crippen molar-refractivity contribution in [3.63, 3.8) is 0 Å². The summed E-state index contributed by atoms with van der Waals surface area (Å²) < 4.78 is 5.04. The van der Waals surface area contributed by atoms with E-state index >= 15 is 0 Å². The summed E-state index contributed by atoms with van der Waals surface area (Å²) in [5.41, 5.74) is 2.38. The molecule has 0 atom stereocenters. The molecule has 0 bridgehead atoms. The Labute approximate surface area is 155 Å². The van der Waals surface area contributed by atoms with Gasteiger partial charge in [-0.3, -0.25) is 14.9 Å². The quantitative estimate of drug-likeness (QED) is 0.643. The molecular formula is C20H18N2O5. The number of nitrogens with one attached hydrogen (secondary N) is 1. The van der Waals surface area contributed by atoms with Crippen LogP contribution in [0.25, 0.3) is 6.08 Å². The van der Waals surface area contributed by atoms with Crippen LogP contribution in [0.1, 0.15) is 16.7 Å². The number of hydrogen-bond acceptors (Lipinski definition) is 5. The number of imide groups is 2. The molecule has 0 saturated carbocycles. The molecule has 1 heterocycles. The third-order valence-corrected chi connectivity index (χ3v) is 4.43. The van der Waals surface area contributed by atoms with Crippen LogP contribution in [-0.4, -0.2) is 30.1 Å². The van der Waals surface area contributed by atoms with E-state index < -0.39 is 17.8 Å². The number of rotatable bonds is 3. The maximum atomic E-state index is 12.9. The lowest BCUT2D eigenvalue weighted by Crippen LogP contribution is -2.54. The third-order valence-electron chi connectivity index (χ3n) is 4.43. The van der Waals surface area contributed by atoms with E-state index in [0.29, 0.717) is 11.3 Å². The highest BCUT2D eigenvalue weighted by atomic mass is 16.5. The number of barbiturate groups is 1. The van der Waals surface area contributed by atoms with Crippen molar-refractivity contribution in [3.05, 3.63) is 58.7 Å². The Bertz CT molecular complexity index is 994. The average molecular weight is 366 g/mol. The highest BCUT2D eigenvalue weighted by Gasteiger charge is 2.37. The van der Waals surface area contributed by atoms with Gasteiger partial charge in [-0.25, -0.2) is 9.69 Å². The molecule has 0 aliphatic carbocycles. The first-order chi connectivity index (χ1) is 12.8. The van der Waals surface area contributed by atoms with Gasteiger partial charge in [0.25, 0.3) is 11.8 Å². The number of carbonyl (C=O) groups is 3. The molecule has 3 rings (SSSR count). The lowest BCUT2D eigenvalue weighted by Gasteiger charge is -2.28. The Morgan fingerprint density at radius 3 is 2.56 bits per heavy atom. The van der Waals surface area contributed by atoms with Gasteiger partial charge in [-0.15, -0.1) is 0 Å². The van der Waals surface area contributed by atoms with Gasteiger partial charge in [0.1, 0.15) is 5.57 Å².